The molecule has 0 saturated heterocycles. The lowest BCUT2D eigenvalue weighted by molar-refractivity contribution is 0.0697. The largest absolute Gasteiger partial charge is 0.478 e. The Morgan fingerprint density at radius 2 is 1.95 bits per heavy atom. The quantitative estimate of drug-likeness (QED) is 0.835. The number of benzene rings is 2. The van der Waals surface area contributed by atoms with Crippen molar-refractivity contribution in [3.05, 3.63) is 53.6 Å². The van der Waals surface area contributed by atoms with Crippen LogP contribution in [0.1, 0.15) is 15.9 Å². The maximum Gasteiger partial charge on any atom is 0.335 e. The van der Waals surface area contributed by atoms with E-state index >= 15 is 0 Å². The molecule has 0 spiro atoms. The molecular weight excluding hydrogens is 260 g/mol. The summed E-state index contributed by atoms with van der Waals surface area (Å²) in [7, 11) is 0. The van der Waals surface area contributed by atoms with Crippen molar-refractivity contribution in [3.63, 3.8) is 0 Å². The average Bonchev–Trinajstić information content (AvgIpc) is 2.54. The van der Waals surface area contributed by atoms with Crippen LogP contribution in [0.5, 0.6) is 0 Å². The molecule has 0 bridgehead atoms. The van der Waals surface area contributed by atoms with Crippen LogP contribution in [-0.4, -0.2) is 16.9 Å². The number of fused-ring (bicyclic) bond motifs is 2. The van der Waals surface area contributed by atoms with Crippen molar-refractivity contribution in [1.29, 1.82) is 0 Å². The molecule has 94 valence electrons. The van der Waals surface area contributed by atoms with Gasteiger partial charge in [-0.3, -0.25) is 0 Å². The number of aromatic carboxylic acids is 1. The van der Waals surface area contributed by atoms with Gasteiger partial charge in [0.1, 0.15) is 5.84 Å². The van der Waals surface area contributed by atoms with Gasteiger partial charge in [0.25, 0.3) is 0 Å². The van der Waals surface area contributed by atoms with Gasteiger partial charge in [-0.15, -0.1) is 0 Å². The Bertz CT molecular complexity index is 710. The molecule has 1 aliphatic rings. The van der Waals surface area contributed by atoms with E-state index < -0.39 is 5.97 Å². The second kappa shape index (κ2) is 4.44. The summed E-state index contributed by atoms with van der Waals surface area (Å²) in [5, 5.41) is 9.01. The normalized spacial score (nSPS) is 12.9. The molecule has 19 heavy (non-hydrogen) atoms. The van der Waals surface area contributed by atoms with E-state index in [9.17, 15) is 4.79 Å². The lowest BCUT2D eigenvalue weighted by atomic mass is 10.2. The van der Waals surface area contributed by atoms with Gasteiger partial charge in [0, 0.05) is 15.4 Å². The molecule has 0 unspecified atom stereocenters. The van der Waals surface area contributed by atoms with E-state index in [1.165, 1.54) is 11.8 Å². The molecule has 5 heteroatoms. The molecule has 0 radical (unpaired) electrons. The maximum absolute atomic E-state index is 11.0. The molecule has 0 aliphatic carbocycles. The number of carboxylic acid groups (broad SMARTS) is 1. The van der Waals surface area contributed by atoms with Gasteiger partial charge in [0.05, 0.1) is 11.3 Å². The van der Waals surface area contributed by atoms with Crippen LogP contribution in [0, 0.1) is 0 Å². The Morgan fingerprint density at radius 1 is 1.16 bits per heavy atom. The van der Waals surface area contributed by atoms with Crippen LogP contribution >= 0.6 is 11.8 Å². The maximum atomic E-state index is 11.0. The van der Waals surface area contributed by atoms with Gasteiger partial charge in [-0.1, -0.05) is 30.0 Å². The molecule has 3 rings (SSSR count). The second-order valence-corrected chi connectivity index (χ2v) is 5.17. The summed E-state index contributed by atoms with van der Waals surface area (Å²) in [4.78, 5) is 17.2. The minimum Gasteiger partial charge on any atom is -0.478 e. The zero-order valence-electron chi connectivity index (χ0n) is 9.83. The summed E-state index contributed by atoms with van der Waals surface area (Å²) in [5.74, 6) is -0.562. The summed E-state index contributed by atoms with van der Waals surface area (Å²) in [5.41, 5.74) is 7.66. The predicted octanol–water partition coefficient (Wildman–Crippen LogP) is 2.89. The van der Waals surface area contributed by atoms with Crippen molar-refractivity contribution < 1.29 is 9.90 Å². The molecule has 0 atom stereocenters. The fourth-order valence-corrected chi connectivity index (χ4v) is 2.91. The highest BCUT2D eigenvalue weighted by molar-refractivity contribution is 7.99. The third-order valence-electron chi connectivity index (χ3n) is 2.83. The Balaban J connectivity index is 2.19. The van der Waals surface area contributed by atoms with E-state index in [4.69, 9.17) is 10.8 Å². The fourth-order valence-electron chi connectivity index (χ4n) is 1.90. The fraction of sp³-hybridized carbons (Fsp3) is 0. The third kappa shape index (κ3) is 2.08. The molecule has 2 aromatic carbocycles. The number of carbonyl (C=O) groups is 1. The van der Waals surface area contributed by atoms with Crippen LogP contribution in [0.3, 0.4) is 0 Å². The van der Waals surface area contributed by atoms with E-state index in [1.54, 1.807) is 18.2 Å². The third-order valence-corrected chi connectivity index (χ3v) is 3.97. The SMILES string of the molecule is NC1=Nc2cc(C(=O)O)ccc2Sc2ccccc21. The highest BCUT2D eigenvalue weighted by Crippen LogP contribution is 2.39. The van der Waals surface area contributed by atoms with Crippen LogP contribution < -0.4 is 5.73 Å². The highest BCUT2D eigenvalue weighted by atomic mass is 32.2. The summed E-state index contributed by atoms with van der Waals surface area (Å²) in [6.45, 7) is 0. The van der Waals surface area contributed by atoms with E-state index in [0.29, 0.717) is 11.5 Å². The van der Waals surface area contributed by atoms with Gasteiger partial charge in [-0.05, 0) is 24.3 Å². The number of hydrogen-bond acceptors (Lipinski definition) is 4. The van der Waals surface area contributed by atoms with Gasteiger partial charge in [-0.2, -0.15) is 0 Å². The molecule has 0 fully saturated rings. The number of amidine groups is 1. The number of rotatable bonds is 1. The van der Waals surface area contributed by atoms with Gasteiger partial charge < -0.3 is 10.8 Å². The van der Waals surface area contributed by atoms with Crippen LogP contribution in [0.25, 0.3) is 0 Å². The molecule has 4 nitrogen and oxygen atoms in total. The molecular formula is C14H10N2O2S. The molecule has 3 N–H and O–H groups in total. The van der Waals surface area contributed by atoms with Gasteiger partial charge in [0.15, 0.2) is 0 Å². The van der Waals surface area contributed by atoms with Crippen molar-refractivity contribution in [1.82, 2.24) is 0 Å². The number of nitrogens with zero attached hydrogens (tertiary/aromatic N) is 1. The van der Waals surface area contributed by atoms with Crippen molar-refractivity contribution in [2.24, 2.45) is 10.7 Å². The Hall–Kier alpha value is -2.27. The molecule has 0 amide bonds. The minimum absolute atomic E-state index is 0.210. The lowest BCUT2D eigenvalue weighted by Crippen LogP contribution is -2.13. The summed E-state index contributed by atoms with van der Waals surface area (Å²) in [6.07, 6.45) is 0. The average molecular weight is 270 g/mol. The Morgan fingerprint density at radius 3 is 2.74 bits per heavy atom. The predicted molar refractivity (Wildman–Crippen MR) is 74.4 cm³/mol. The first-order chi connectivity index (χ1) is 9.15. The highest BCUT2D eigenvalue weighted by Gasteiger charge is 2.16. The van der Waals surface area contributed by atoms with Crippen molar-refractivity contribution in [3.8, 4) is 0 Å². The number of hydrogen-bond donors (Lipinski definition) is 2. The van der Waals surface area contributed by atoms with Crippen molar-refractivity contribution in [2.45, 2.75) is 9.79 Å². The van der Waals surface area contributed by atoms with Crippen LogP contribution in [0.2, 0.25) is 0 Å². The first-order valence-electron chi connectivity index (χ1n) is 5.64. The second-order valence-electron chi connectivity index (χ2n) is 4.08. The molecule has 0 aromatic heterocycles. The van der Waals surface area contributed by atoms with Crippen LogP contribution in [0.15, 0.2) is 57.2 Å². The van der Waals surface area contributed by atoms with Crippen molar-refractivity contribution in [2.75, 3.05) is 0 Å². The number of carboxylic acids is 1. The van der Waals surface area contributed by atoms with E-state index in [1.807, 2.05) is 24.3 Å². The van der Waals surface area contributed by atoms with E-state index in [-0.39, 0.29) is 5.56 Å². The standard InChI is InChI=1S/C14H10N2O2S/c15-13-9-3-1-2-4-11(9)19-12-6-5-8(14(17)18)7-10(12)16-13/h1-7H,(H2,15,16)(H,17,18). The summed E-state index contributed by atoms with van der Waals surface area (Å²) in [6, 6.07) is 12.6. The number of nitrogens with two attached hydrogens (primary N) is 1. The smallest absolute Gasteiger partial charge is 0.335 e. The van der Waals surface area contributed by atoms with Gasteiger partial charge >= 0.3 is 5.97 Å². The number of aliphatic imine (C=N–C) groups is 1. The Kier molecular flexibility index (Phi) is 2.76. The van der Waals surface area contributed by atoms with Gasteiger partial charge in [-0.25, -0.2) is 9.79 Å². The topological polar surface area (TPSA) is 75.7 Å². The first kappa shape index (κ1) is 11.8. The molecule has 2 aromatic rings. The molecule has 1 heterocycles. The van der Waals surface area contributed by atoms with E-state index in [0.717, 1.165) is 15.4 Å². The van der Waals surface area contributed by atoms with E-state index in [2.05, 4.69) is 4.99 Å². The summed E-state index contributed by atoms with van der Waals surface area (Å²) >= 11 is 1.54. The van der Waals surface area contributed by atoms with Crippen LogP contribution in [0.4, 0.5) is 5.69 Å². The minimum atomic E-state index is -0.969. The molecule has 1 aliphatic heterocycles. The van der Waals surface area contributed by atoms with Gasteiger partial charge in [0.2, 0.25) is 0 Å². The van der Waals surface area contributed by atoms with Crippen molar-refractivity contribution >= 4 is 29.3 Å². The zero-order chi connectivity index (χ0) is 13.4. The monoisotopic (exact) mass is 270 g/mol. The zero-order valence-corrected chi connectivity index (χ0v) is 10.6. The molecule has 0 saturated carbocycles. The lowest BCUT2D eigenvalue weighted by Gasteiger charge is -2.05. The Labute approximate surface area is 114 Å². The summed E-state index contributed by atoms with van der Waals surface area (Å²) < 4.78 is 0. The van der Waals surface area contributed by atoms with Crippen LogP contribution in [-0.2, 0) is 0 Å². The first-order valence-corrected chi connectivity index (χ1v) is 6.45.